The van der Waals surface area contributed by atoms with Gasteiger partial charge in [-0.25, -0.2) is 8.78 Å². The maximum atomic E-state index is 13.1. The molecule has 0 saturated heterocycles. The number of nitrogens with zero attached hydrogens (tertiary/aromatic N) is 2. The number of hydrogen-bond acceptors (Lipinski definition) is 4. The molecule has 1 aliphatic carbocycles. The molecule has 0 atom stereocenters. The van der Waals surface area contributed by atoms with Crippen molar-refractivity contribution in [3.8, 4) is 0 Å². The Labute approximate surface area is 116 Å². The van der Waals surface area contributed by atoms with Gasteiger partial charge in [-0.1, -0.05) is 6.92 Å². The normalized spacial score (nSPS) is 19.7. The van der Waals surface area contributed by atoms with E-state index in [0.717, 1.165) is 35.9 Å². The summed E-state index contributed by atoms with van der Waals surface area (Å²) in [6, 6.07) is 0. The molecule has 1 aromatic heterocycles. The van der Waals surface area contributed by atoms with Crippen molar-refractivity contribution in [1.29, 1.82) is 0 Å². The second kappa shape index (κ2) is 6.70. The molecule has 0 amide bonds. The zero-order valence-corrected chi connectivity index (χ0v) is 12.1. The summed E-state index contributed by atoms with van der Waals surface area (Å²) in [5.41, 5.74) is 0. The summed E-state index contributed by atoms with van der Waals surface area (Å²) in [7, 11) is 0. The van der Waals surface area contributed by atoms with Gasteiger partial charge in [-0.15, -0.1) is 21.5 Å². The zero-order chi connectivity index (χ0) is 13.7. The molecule has 0 aromatic carbocycles. The van der Waals surface area contributed by atoms with Crippen LogP contribution in [0.15, 0.2) is 0 Å². The van der Waals surface area contributed by atoms with E-state index in [0.29, 0.717) is 12.8 Å². The highest BCUT2D eigenvalue weighted by molar-refractivity contribution is 7.11. The smallest absolute Gasteiger partial charge is 0.248 e. The van der Waals surface area contributed by atoms with Crippen molar-refractivity contribution in [2.75, 3.05) is 13.1 Å². The molecule has 19 heavy (non-hydrogen) atoms. The molecule has 6 heteroatoms. The van der Waals surface area contributed by atoms with E-state index in [9.17, 15) is 8.78 Å². The minimum Gasteiger partial charge on any atom is -0.317 e. The summed E-state index contributed by atoms with van der Waals surface area (Å²) < 4.78 is 26.2. The Balaban J connectivity index is 1.80. The third kappa shape index (κ3) is 4.45. The maximum Gasteiger partial charge on any atom is 0.248 e. The fraction of sp³-hybridized carbons (Fsp3) is 0.846. The number of alkyl halides is 2. The summed E-state index contributed by atoms with van der Waals surface area (Å²) in [5, 5.41) is 13.6. The molecule has 2 rings (SSSR count). The van der Waals surface area contributed by atoms with Crippen LogP contribution in [0.5, 0.6) is 0 Å². The van der Waals surface area contributed by atoms with E-state index in [2.05, 4.69) is 22.4 Å². The number of nitrogens with one attached hydrogen (secondary N) is 1. The predicted molar refractivity (Wildman–Crippen MR) is 72.9 cm³/mol. The van der Waals surface area contributed by atoms with Gasteiger partial charge in [0.05, 0.1) is 0 Å². The summed E-state index contributed by atoms with van der Waals surface area (Å²) in [6.07, 6.45) is 3.04. The molecule has 1 N–H and O–H groups in total. The van der Waals surface area contributed by atoms with Crippen LogP contribution in [-0.4, -0.2) is 29.2 Å². The third-order valence-electron chi connectivity index (χ3n) is 3.54. The summed E-state index contributed by atoms with van der Waals surface area (Å²) in [6.45, 7) is 4.06. The molecule has 1 saturated carbocycles. The molecule has 0 aliphatic heterocycles. The Morgan fingerprint density at radius 2 is 2.05 bits per heavy atom. The van der Waals surface area contributed by atoms with Crippen LogP contribution in [0, 0.1) is 0 Å². The molecule has 0 spiro atoms. The van der Waals surface area contributed by atoms with Gasteiger partial charge in [0.25, 0.3) is 0 Å². The molecule has 108 valence electrons. The first-order valence-electron chi connectivity index (χ1n) is 7.01. The average molecular weight is 289 g/mol. The molecule has 0 bridgehead atoms. The highest BCUT2D eigenvalue weighted by Gasteiger charge is 2.36. The fourth-order valence-electron chi connectivity index (χ4n) is 2.36. The predicted octanol–water partition coefficient (Wildman–Crippen LogP) is 3.37. The van der Waals surface area contributed by atoms with Gasteiger partial charge in [0.15, 0.2) is 0 Å². The van der Waals surface area contributed by atoms with Crippen LogP contribution in [0.25, 0.3) is 0 Å². The van der Waals surface area contributed by atoms with Crippen molar-refractivity contribution >= 4 is 11.3 Å². The summed E-state index contributed by atoms with van der Waals surface area (Å²) >= 11 is 1.60. The van der Waals surface area contributed by atoms with E-state index in [4.69, 9.17) is 0 Å². The molecule has 1 fully saturated rings. The lowest BCUT2D eigenvalue weighted by Gasteiger charge is -2.26. The Hall–Kier alpha value is -0.620. The van der Waals surface area contributed by atoms with Gasteiger partial charge >= 0.3 is 0 Å². The minimum absolute atomic E-state index is 0.00694. The van der Waals surface area contributed by atoms with Gasteiger partial charge in [0.1, 0.15) is 10.0 Å². The first kappa shape index (κ1) is 14.8. The molecular weight excluding hydrogens is 268 g/mol. The van der Waals surface area contributed by atoms with Crippen molar-refractivity contribution < 1.29 is 8.78 Å². The first-order valence-corrected chi connectivity index (χ1v) is 7.83. The summed E-state index contributed by atoms with van der Waals surface area (Å²) in [5.74, 6) is -2.27. The van der Waals surface area contributed by atoms with Crippen LogP contribution in [-0.2, 0) is 6.42 Å². The van der Waals surface area contributed by atoms with E-state index < -0.39 is 5.92 Å². The maximum absolute atomic E-state index is 13.1. The monoisotopic (exact) mass is 289 g/mol. The van der Waals surface area contributed by atoms with Crippen molar-refractivity contribution in [2.24, 2.45) is 0 Å². The lowest BCUT2D eigenvalue weighted by Crippen LogP contribution is -2.23. The number of rotatable bonds is 6. The van der Waals surface area contributed by atoms with Crippen molar-refractivity contribution in [3.63, 3.8) is 0 Å². The van der Waals surface area contributed by atoms with E-state index in [1.807, 2.05) is 0 Å². The van der Waals surface area contributed by atoms with Crippen LogP contribution in [0.2, 0.25) is 0 Å². The van der Waals surface area contributed by atoms with Crippen LogP contribution >= 0.6 is 11.3 Å². The van der Waals surface area contributed by atoms with Crippen molar-refractivity contribution in [3.05, 3.63) is 10.0 Å². The van der Waals surface area contributed by atoms with Gasteiger partial charge in [-0.05, 0) is 32.4 Å². The van der Waals surface area contributed by atoms with E-state index >= 15 is 0 Å². The number of aryl methyl sites for hydroxylation is 1. The standard InChI is InChI=1S/C13H21F2N3S/c1-2-16-9-3-4-11-17-18-12(19-11)10-5-7-13(14,15)8-6-10/h10,16H,2-9H2,1H3. The number of aromatic nitrogens is 2. The quantitative estimate of drug-likeness (QED) is 0.816. The van der Waals surface area contributed by atoms with Gasteiger partial charge in [-0.2, -0.15) is 0 Å². The molecular formula is C13H21F2N3S. The first-order chi connectivity index (χ1) is 9.11. The molecule has 0 unspecified atom stereocenters. The van der Waals surface area contributed by atoms with Gasteiger partial charge in [-0.3, -0.25) is 0 Å². The highest BCUT2D eigenvalue weighted by Crippen LogP contribution is 2.41. The number of hydrogen-bond donors (Lipinski definition) is 1. The van der Waals surface area contributed by atoms with E-state index in [-0.39, 0.29) is 18.8 Å². The molecule has 1 aliphatic rings. The molecule has 1 aromatic rings. The zero-order valence-electron chi connectivity index (χ0n) is 11.3. The van der Waals surface area contributed by atoms with Crippen LogP contribution in [0.3, 0.4) is 0 Å². The Morgan fingerprint density at radius 3 is 2.74 bits per heavy atom. The van der Waals surface area contributed by atoms with E-state index in [1.54, 1.807) is 11.3 Å². The Bertz CT molecular complexity index is 385. The third-order valence-corrected chi connectivity index (χ3v) is 4.69. The molecule has 1 heterocycles. The average Bonchev–Trinajstić information content (AvgIpc) is 2.83. The SMILES string of the molecule is CCNCCCc1nnc(C2CCC(F)(F)CC2)s1. The van der Waals surface area contributed by atoms with Crippen molar-refractivity contribution in [2.45, 2.75) is 57.3 Å². The fourth-order valence-corrected chi connectivity index (χ4v) is 3.41. The Morgan fingerprint density at radius 1 is 1.32 bits per heavy atom. The van der Waals surface area contributed by atoms with Gasteiger partial charge in [0.2, 0.25) is 5.92 Å². The lowest BCUT2D eigenvalue weighted by molar-refractivity contribution is -0.0382. The van der Waals surface area contributed by atoms with E-state index in [1.165, 1.54) is 0 Å². The second-order valence-electron chi connectivity index (χ2n) is 5.12. The lowest BCUT2D eigenvalue weighted by atomic mass is 9.87. The summed E-state index contributed by atoms with van der Waals surface area (Å²) in [4.78, 5) is 0. The van der Waals surface area contributed by atoms with Crippen LogP contribution in [0.4, 0.5) is 8.78 Å². The topological polar surface area (TPSA) is 37.8 Å². The molecule has 0 radical (unpaired) electrons. The minimum atomic E-state index is -2.46. The van der Waals surface area contributed by atoms with Crippen molar-refractivity contribution in [1.82, 2.24) is 15.5 Å². The Kier molecular flexibility index (Phi) is 5.21. The molecule has 3 nitrogen and oxygen atoms in total. The van der Waals surface area contributed by atoms with Crippen LogP contribution < -0.4 is 5.32 Å². The highest BCUT2D eigenvalue weighted by atomic mass is 32.1. The number of halogens is 2. The van der Waals surface area contributed by atoms with Gasteiger partial charge in [0, 0.05) is 25.2 Å². The second-order valence-corrected chi connectivity index (χ2v) is 6.22. The largest absolute Gasteiger partial charge is 0.317 e. The van der Waals surface area contributed by atoms with Crippen LogP contribution in [0.1, 0.15) is 55.0 Å². The van der Waals surface area contributed by atoms with Gasteiger partial charge < -0.3 is 5.32 Å².